The molecule has 1 fully saturated rings. The number of hydrogen-bond acceptors (Lipinski definition) is 5. The average Bonchev–Trinajstić information content (AvgIpc) is 2.39. The lowest BCUT2D eigenvalue weighted by Crippen LogP contribution is -2.43. The van der Waals surface area contributed by atoms with Crippen LogP contribution in [0.4, 0.5) is 11.5 Å². The molecule has 92 valence electrons. The summed E-state index contributed by atoms with van der Waals surface area (Å²) in [6.07, 6.45) is 5.08. The minimum absolute atomic E-state index is 0.0561. The Bertz CT molecular complexity index is 404. The Morgan fingerprint density at radius 2 is 2.12 bits per heavy atom. The summed E-state index contributed by atoms with van der Waals surface area (Å²) < 4.78 is 0. The number of hydrazine groups is 1. The average molecular weight is 236 g/mol. The summed E-state index contributed by atoms with van der Waals surface area (Å²) in [5.41, 5.74) is 0.0561. The van der Waals surface area contributed by atoms with Crippen LogP contribution in [0.2, 0.25) is 0 Å². The topological polar surface area (TPSA) is 62.5 Å². The molecule has 0 aliphatic carbocycles. The van der Waals surface area contributed by atoms with Crippen molar-refractivity contribution in [1.82, 2.24) is 9.99 Å². The summed E-state index contributed by atoms with van der Waals surface area (Å²) >= 11 is 0. The molecule has 17 heavy (non-hydrogen) atoms. The molecule has 1 aromatic rings. The van der Waals surface area contributed by atoms with E-state index < -0.39 is 0 Å². The van der Waals surface area contributed by atoms with Gasteiger partial charge in [0.25, 0.3) is 0 Å². The predicted molar refractivity (Wildman–Crippen MR) is 64.7 cm³/mol. The molecule has 2 rings (SSSR count). The number of piperidine rings is 1. The third kappa shape index (κ3) is 2.52. The quantitative estimate of drug-likeness (QED) is 0.591. The highest BCUT2D eigenvalue weighted by atomic mass is 16.6. The first-order valence-corrected chi connectivity index (χ1v) is 5.78. The molecule has 1 aliphatic rings. The Kier molecular flexibility index (Phi) is 3.53. The Labute approximate surface area is 100.0 Å². The highest BCUT2D eigenvalue weighted by molar-refractivity contribution is 5.55. The van der Waals surface area contributed by atoms with Crippen molar-refractivity contribution < 1.29 is 4.92 Å². The summed E-state index contributed by atoms with van der Waals surface area (Å²) in [7, 11) is 1.83. The molecule has 2 heterocycles. The molecule has 6 heteroatoms. The molecule has 0 unspecified atom stereocenters. The lowest BCUT2D eigenvalue weighted by Gasteiger charge is -2.34. The first-order chi connectivity index (χ1) is 8.20. The van der Waals surface area contributed by atoms with E-state index in [1.165, 1.54) is 12.5 Å². The molecule has 1 aromatic heterocycles. The number of anilines is 1. The summed E-state index contributed by atoms with van der Waals surface area (Å²) in [4.78, 5) is 14.7. The smallest absolute Gasteiger partial charge is 0.287 e. The Morgan fingerprint density at radius 3 is 2.76 bits per heavy atom. The third-order valence-corrected chi connectivity index (χ3v) is 3.03. The van der Waals surface area contributed by atoms with Crippen molar-refractivity contribution in [2.45, 2.75) is 19.3 Å². The highest BCUT2D eigenvalue weighted by Crippen LogP contribution is 2.26. The van der Waals surface area contributed by atoms with Gasteiger partial charge in [-0.05, 0) is 18.9 Å². The zero-order valence-electron chi connectivity index (χ0n) is 9.87. The van der Waals surface area contributed by atoms with E-state index in [-0.39, 0.29) is 10.6 Å². The molecular formula is C11H16N4O2. The van der Waals surface area contributed by atoms with Crippen molar-refractivity contribution in [3.05, 3.63) is 28.4 Å². The van der Waals surface area contributed by atoms with Gasteiger partial charge < -0.3 is 0 Å². The third-order valence-electron chi connectivity index (χ3n) is 3.03. The SMILES string of the molecule is CN(c1ncccc1[N+](=O)[O-])N1CCCCC1. The zero-order valence-corrected chi connectivity index (χ0v) is 9.87. The Morgan fingerprint density at radius 1 is 1.41 bits per heavy atom. The van der Waals surface area contributed by atoms with Gasteiger partial charge in [-0.2, -0.15) is 0 Å². The number of aromatic nitrogens is 1. The van der Waals surface area contributed by atoms with Gasteiger partial charge in [0.15, 0.2) is 0 Å². The first-order valence-electron chi connectivity index (χ1n) is 5.78. The van der Waals surface area contributed by atoms with Gasteiger partial charge in [0.1, 0.15) is 0 Å². The molecule has 6 nitrogen and oxygen atoms in total. The van der Waals surface area contributed by atoms with E-state index in [9.17, 15) is 10.1 Å². The summed E-state index contributed by atoms with van der Waals surface area (Å²) in [5, 5.41) is 14.8. The largest absolute Gasteiger partial charge is 0.312 e. The first kappa shape index (κ1) is 11.8. The monoisotopic (exact) mass is 236 g/mol. The molecule has 0 saturated carbocycles. The van der Waals surface area contributed by atoms with Gasteiger partial charge in [0.05, 0.1) is 4.92 Å². The van der Waals surface area contributed by atoms with E-state index in [1.54, 1.807) is 17.3 Å². The maximum Gasteiger partial charge on any atom is 0.312 e. The fourth-order valence-corrected chi connectivity index (χ4v) is 2.09. The molecular weight excluding hydrogens is 220 g/mol. The van der Waals surface area contributed by atoms with Gasteiger partial charge in [-0.1, -0.05) is 6.42 Å². The summed E-state index contributed by atoms with van der Waals surface area (Å²) in [6, 6.07) is 3.08. The second-order valence-electron chi connectivity index (χ2n) is 4.14. The lowest BCUT2D eigenvalue weighted by atomic mass is 10.2. The number of rotatable bonds is 3. The van der Waals surface area contributed by atoms with Crippen LogP contribution in [0.15, 0.2) is 18.3 Å². The van der Waals surface area contributed by atoms with E-state index in [4.69, 9.17) is 0 Å². The standard InChI is InChI=1S/C11H16N4O2/c1-13(14-8-3-2-4-9-14)11-10(15(16)17)6-5-7-12-11/h5-7H,2-4,8-9H2,1H3. The minimum atomic E-state index is -0.386. The number of nitro groups is 1. The maximum absolute atomic E-state index is 10.9. The van der Waals surface area contributed by atoms with E-state index >= 15 is 0 Å². The van der Waals surface area contributed by atoms with Crippen LogP contribution in [0.5, 0.6) is 0 Å². The summed E-state index contributed by atoms with van der Waals surface area (Å²) in [5.74, 6) is 0.416. The van der Waals surface area contributed by atoms with E-state index in [1.807, 2.05) is 7.05 Å². The van der Waals surface area contributed by atoms with Crippen molar-refractivity contribution in [3.8, 4) is 0 Å². The molecule has 0 atom stereocenters. The van der Waals surface area contributed by atoms with E-state index in [0.29, 0.717) is 5.82 Å². The van der Waals surface area contributed by atoms with E-state index in [2.05, 4.69) is 9.99 Å². The van der Waals surface area contributed by atoms with Gasteiger partial charge in [0.2, 0.25) is 5.82 Å². The second-order valence-corrected chi connectivity index (χ2v) is 4.14. The second kappa shape index (κ2) is 5.09. The Balaban J connectivity index is 2.23. The number of nitrogens with zero attached hydrogens (tertiary/aromatic N) is 4. The van der Waals surface area contributed by atoms with Crippen LogP contribution in [0.25, 0.3) is 0 Å². The van der Waals surface area contributed by atoms with Gasteiger partial charge in [-0.3, -0.25) is 15.1 Å². The molecule has 0 amide bonds. The van der Waals surface area contributed by atoms with Crippen molar-refractivity contribution in [2.24, 2.45) is 0 Å². The molecule has 0 spiro atoms. The zero-order chi connectivity index (χ0) is 12.3. The number of hydrogen-bond donors (Lipinski definition) is 0. The van der Waals surface area contributed by atoms with Crippen molar-refractivity contribution in [2.75, 3.05) is 25.1 Å². The minimum Gasteiger partial charge on any atom is -0.287 e. The van der Waals surface area contributed by atoms with Crippen molar-refractivity contribution in [3.63, 3.8) is 0 Å². The van der Waals surface area contributed by atoms with Crippen molar-refractivity contribution >= 4 is 11.5 Å². The maximum atomic E-state index is 10.9. The molecule has 0 N–H and O–H groups in total. The highest BCUT2D eigenvalue weighted by Gasteiger charge is 2.23. The van der Waals surface area contributed by atoms with Crippen LogP contribution in [0.1, 0.15) is 19.3 Å². The van der Waals surface area contributed by atoms with Gasteiger partial charge >= 0.3 is 5.69 Å². The fourth-order valence-electron chi connectivity index (χ4n) is 2.09. The van der Waals surface area contributed by atoms with Gasteiger partial charge in [-0.15, -0.1) is 0 Å². The van der Waals surface area contributed by atoms with Crippen LogP contribution in [-0.2, 0) is 0 Å². The molecule has 1 saturated heterocycles. The van der Waals surface area contributed by atoms with Gasteiger partial charge in [-0.25, -0.2) is 9.99 Å². The predicted octanol–water partition coefficient (Wildman–Crippen LogP) is 1.83. The lowest BCUT2D eigenvalue weighted by molar-refractivity contribution is -0.384. The molecule has 0 aromatic carbocycles. The molecule has 0 bridgehead atoms. The fraction of sp³-hybridized carbons (Fsp3) is 0.545. The van der Waals surface area contributed by atoms with Crippen LogP contribution < -0.4 is 5.01 Å². The van der Waals surface area contributed by atoms with Crippen LogP contribution in [0, 0.1) is 10.1 Å². The molecule has 1 aliphatic heterocycles. The van der Waals surface area contributed by atoms with Crippen molar-refractivity contribution in [1.29, 1.82) is 0 Å². The molecule has 0 radical (unpaired) electrons. The Hall–Kier alpha value is -1.69. The summed E-state index contributed by atoms with van der Waals surface area (Å²) in [6.45, 7) is 1.87. The van der Waals surface area contributed by atoms with Crippen LogP contribution >= 0.6 is 0 Å². The van der Waals surface area contributed by atoms with Crippen LogP contribution in [0.3, 0.4) is 0 Å². The van der Waals surface area contributed by atoms with E-state index in [0.717, 1.165) is 25.9 Å². The number of pyridine rings is 1. The van der Waals surface area contributed by atoms with Crippen LogP contribution in [-0.4, -0.2) is 35.1 Å². The van der Waals surface area contributed by atoms with Gasteiger partial charge in [0, 0.05) is 32.4 Å². The normalized spacial score (nSPS) is 16.8.